The van der Waals surface area contributed by atoms with Crippen LogP contribution in [-0.4, -0.2) is 43.9 Å². The number of nitrogens with two attached hydrogens (primary N) is 1. The standard InChI is InChI=1S/C11H14N4O3S/c12-19(16,17)15-7-5-14(6-8-15)11-13-9-3-1-2-4-10(9)18-11/h1-4H,5-8H2,(H2,12,16,17). The molecule has 102 valence electrons. The summed E-state index contributed by atoms with van der Waals surface area (Å²) in [5.41, 5.74) is 1.53. The lowest BCUT2D eigenvalue weighted by Gasteiger charge is -2.31. The van der Waals surface area contributed by atoms with Crippen molar-refractivity contribution in [2.45, 2.75) is 0 Å². The molecule has 1 aliphatic rings. The largest absolute Gasteiger partial charge is 0.423 e. The van der Waals surface area contributed by atoms with Gasteiger partial charge in [0.25, 0.3) is 16.2 Å². The molecule has 1 saturated heterocycles. The topological polar surface area (TPSA) is 92.7 Å². The van der Waals surface area contributed by atoms with Crippen molar-refractivity contribution in [2.24, 2.45) is 5.14 Å². The Kier molecular flexibility index (Phi) is 2.92. The smallest absolute Gasteiger partial charge is 0.298 e. The summed E-state index contributed by atoms with van der Waals surface area (Å²) in [6.45, 7) is 1.72. The van der Waals surface area contributed by atoms with E-state index in [2.05, 4.69) is 4.98 Å². The minimum absolute atomic E-state index is 0.345. The molecule has 0 radical (unpaired) electrons. The van der Waals surface area contributed by atoms with Gasteiger partial charge in [0.1, 0.15) is 5.52 Å². The van der Waals surface area contributed by atoms with E-state index < -0.39 is 10.2 Å². The summed E-state index contributed by atoms with van der Waals surface area (Å²) in [5.74, 6) is 0. The fraction of sp³-hybridized carbons (Fsp3) is 0.364. The number of hydrogen-bond acceptors (Lipinski definition) is 5. The van der Waals surface area contributed by atoms with Crippen molar-refractivity contribution < 1.29 is 12.8 Å². The second kappa shape index (κ2) is 4.48. The van der Waals surface area contributed by atoms with Crippen molar-refractivity contribution in [1.82, 2.24) is 9.29 Å². The van der Waals surface area contributed by atoms with E-state index in [0.29, 0.717) is 32.2 Å². The summed E-state index contributed by atoms with van der Waals surface area (Å²) in [7, 11) is -3.60. The molecule has 3 rings (SSSR count). The number of anilines is 1. The van der Waals surface area contributed by atoms with Crippen molar-refractivity contribution in [1.29, 1.82) is 0 Å². The first-order valence-corrected chi connectivity index (χ1v) is 7.43. The van der Waals surface area contributed by atoms with Crippen LogP contribution in [0.5, 0.6) is 0 Å². The summed E-state index contributed by atoms with van der Waals surface area (Å²) in [5, 5.41) is 5.10. The maximum atomic E-state index is 11.2. The van der Waals surface area contributed by atoms with Gasteiger partial charge >= 0.3 is 0 Å². The zero-order valence-electron chi connectivity index (χ0n) is 10.2. The van der Waals surface area contributed by atoms with Crippen molar-refractivity contribution in [3.8, 4) is 0 Å². The number of piperazine rings is 1. The highest BCUT2D eigenvalue weighted by Crippen LogP contribution is 2.22. The van der Waals surface area contributed by atoms with Gasteiger partial charge in [-0.15, -0.1) is 0 Å². The van der Waals surface area contributed by atoms with Crippen LogP contribution >= 0.6 is 0 Å². The van der Waals surface area contributed by atoms with E-state index in [9.17, 15) is 8.42 Å². The molecule has 1 aromatic heterocycles. The minimum Gasteiger partial charge on any atom is -0.423 e. The zero-order chi connectivity index (χ0) is 13.5. The van der Waals surface area contributed by atoms with Gasteiger partial charge in [0.2, 0.25) is 0 Å². The summed E-state index contributed by atoms with van der Waals surface area (Å²) >= 11 is 0. The highest BCUT2D eigenvalue weighted by molar-refractivity contribution is 7.86. The van der Waals surface area contributed by atoms with E-state index in [0.717, 1.165) is 11.1 Å². The molecule has 0 spiro atoms. The molecule has 8 heteroatoms. The van der Waals surface area contributed by atoms with Crippen molar-refractivity contribution in [3.63, 3.8) is 0 Å². The van der Waals surface area contributed by atoms with Gasteiger partial charge < -0.3 is 9.32 Å². The molecule has 0 unspecified atom stereocenters. The summed E-state index contributed by atoms with van der Waals surface area (Å²) < 4.78 is 29.3. The third kappa shape index (κ3) is 2.42. The number of benzene rings is 1. The third-order valence-electron chi connectivity index (χ3n) is 3.15. The van der Waals surface area contributed by atoms with Gasteiger partial charge in [0.05, 0.1) is 0 Å². The molecule has 2 N–H and O–H groups in total. The number of oxazole rings is 1. The van der Waals surface area contributed by atoms with Crippen LogP contribution < -0.4 is 10.0 Å². The Labute approximate surface area is 110 Å². The molecular formula is C11H14N4O3S. The van der Waals surface area contributed by atoms with Crippen LogP contribution in [-0.2, 0) is 10.2 Å². The first kappa shape index (κ1) is 12.4. The van der Waals surface area contributed by atoms with Gasteiger partial charge in [-0.3, -0.25) is 0 Å². The molecular weight excluding hydrogens is 268 g/mol. The summed E-state index contributed by atoms with van der Waals surface area (Å²) in [6, 6.07) is 8.04. The fourth-order valence-electron chi connectivity index (χ4n) is 2.13. The lowest BCUT2D eigenvalue weighted by Crippen LogP contribution is -2.50. The van der Waals surface area contributed by atoms with Crippen LogP contribution in [0.3, 0.4) is 0 Å². The van der Waals surface area contributed by atoms with Crippen LogP contribution in [0.15, 0.2) is 28.7 Å². The molecule has 0 amide bonds. The Morgan fingerprint density at radius 1 is 1.16 bits per heavy atom. The fourth-order valence-corrected chi connectivity index (χ4v) is 2.80. The van der Waals surface area contributed by atoms with Gasteiger partial charge in [-0.25, -0.2) is 5.14 Å². The number of nitrogens with zero attached hydrogens (tertiary/aromatic N) is 3. The summed E-state index contributed by atoms with van der Waals surface area (Å²) in [4.78, 5) is 6.30. The van der Waals surface area contributed by atoms with Gasteiger partial charge in [0, 0.05) is 26.2 Å². The number of para-hydroxylation sites is 2. The normalized spacial score (nSPS) is 18.1. The van der Waals surface area contributed by atoms with Gasteiger partial charge in [-0.05, 0) is 12.1 Å². The lowest BCUT2D eigenvalue weighted by atomic mass is 10.3. The van der Waals surface area contributed by atoms with Crippen LogP contribution in [0.4, 0.5) is 6.01 Å². The van der Waals surface area contributed by atoms with Gasteiger partial charge in [-0.2, -0.15) is 17.7 Å². The number of fused-ring (bicyclic) bond motifs is 1. The van der Waals surface area contributed by atoms with E-state index in [-0.39, 0.29) is 0 Å². The number of rotatable bonds is 2. The summed E-state index contributed by atoms with van der Waals surface area (Å²) in [6.07, 6.45) is 0. The lowest BCUT2D eigenvalue weighted by molar-refractivity contribution is 0.374. The molecule has 2 aromatic rings. The predicted molar refractivity (Wildman–Crippen MR) is 70.9 cm³/mol. The average Bonchev–Trinajstić information content (AvgIpc) is 2.81. The maximum Gasteiger partial charge on any atom is 0.298 e. The average molecular weight is 282 g/mol. The Hall–Kier alpha value is -1.64. The molecule has 1 aromatic carbocycles. The molecule has 0 atom stereocenters. The minimum atomic E-state index is -3.60. The highest BCUT2D eigenvalue weighted by atomic mass is 32.2. The monoisotopic (exact) mass is 282 g/mol. The van der Waals surface area contributed by atoms with Gasteiger partial charge in [-0.1, -0.05) is 12.1 Å². The second-order valence-electron chi connectivity index (χ2n) is 4.40. The van der Waals surface area contributed by atoms with Crippen molar-refractivity contribution >= 4 is 27.3 Å². The van der Waals surface area contributed by atoms with Crippen molar-refractivity contribution in [3.05, 3.63) is 24.3 Å². The number of hydrogen-bond donors (Lipinski definition) is 1. The third-order valence-corrected chi connectivity index (χ3v) is 4.24. The van der Waals surface area contributed by atoms with Gasteiger partial charge in [0.15, 0.2) is 5.58 Å². The predicted octanol–water partition coefficient (Wildman–Crippen LogP) is 0.153. The Bertz CT molecular complexity index is 656. The Balaban J connectivity index is 1.78. The van der Waals surface area contributed by atoms with E-state index in [1.807, 2.05) is 29.2 Å². The quantitative estimate of drug-likeness (QED) is 0.846. The molecule has 2 heterocycles. The highest BCUT2D eigenvalue weighted by Gasteiger charge is 2.26. The van der Waals surface area contributed by atoms with E-state index in [1.165, 1.54) is 4.31 Å². The van der Waals surface area contributed by atoms with Crippen LogP contribution in [0.1, 0.15) is 0 Å². The first-order chi connectivity index (χ1) is 9.04. The van der Waals surface area contributed by atoms with Crippen molar-refractivity contribution in [2.75, 3.05) is 31.1 Å². The number of aromatic nitrogens is 1. The van der Waals surface area contributed by atoms with Crippen LogP contribution in [0.2, 0.25) is 0 Å². The zero-order valence-corrected chi connectivity index (χ0v) is 11.0. The molecule has 19 heavy (non-hydrogen) atoms. The van der Waals surface area contributed by atoms with E-state index in [1.54, 1.807) is 0 Å². The van der Waals surface area contributed by atoms with Crippen LogP contribution in [0, 0.1) is 0 Å². The second-order valence-corrected chi connectivity index (χ2v) is 5.94. The van der Waals surface area contributed by atoms with E-state index in [4.69, 9.17) is 9.56 Å². The molecule has 0 saturated carbocycles. The molecule has 1 fully saturated rings. The first-order valence-electron chi connectivity index (χ1n) is 5.92. The molecule has 7 nitrogen and oxygen atoms in total. The molecule has 1 aliphatic heterocycles. The Morgan fingerprint density at radius 2 is 1.84 bits per heavy atom. The maximum absolute atomic E-state index is 11.2. The van der Waals surface area contributed by atoms with Crippen LogP contribution in [0.25, 0.3) is 11.1 Å². The molecule has 0 bridgehead atoms. The van der Waals surface area contributed by atoms with E-state index >= 15 is 0 Å². The SMILES string of the molecule is NS(=O)(=O)N1CCN(c2nc3ccccc3o2)CC1. The Morgan fingerprint density at radius 3 is 2.47 bits per heavy atom. The molecule has 0 aliphatic carbocycles.